The van der Waals surface area contributed by atoms with Crippen LogP contribution in [-0.4, -0.2) is 22.6 Å². The molecule has 0 unspecified atom stereocenters. The van der Waals surface area contributed by atoms with Crippen molar-refractivity contribution in [1.29, 1.82) is 0 Å². The summed E-state index contributed by atoms with van der Waals surface area (Å²) in [4.78, 5) is 9.86. The van der Waals surface area contributed by atoms with Crippen LogP contribution in [-0.2, 0) is 6.42 Å². The SMILES string of the molecule is C1CNc2c(nc(C3CCCC3)nc2NC2CCCC2)C1. The minimum atomic E-state index is 0.598. The zero-order valence-electron chi connectivity index (χ0n) is 12.8. The second-order valence-corrected chi connectivity index (χ2v) is 6.89. The zero-order valence-corrected chi connectivity index (χ0v) is 12.8. The minimum Gasteiger partial charge on any atom is -0.381 e. The number of anilines is 2. The Hall–Kier alpha value is -1.32. The Morgan fingerprint density at radius 3 is 2.48 bits per heavy atom. The lowest BCUT2D eigenvalue weighted by Crippen LogP contribution is -2.22. The molecule has 3 aliphatic rings. The topological polar surface area (TPSA) is 49.8 Å². The van der Waals surface area contributed by atoms with Crippen LogP contribution < -0.4 is 10.6 Å². The van der Waals surface area contributed by atoms with Crippen molar-refractivity contribution in [2.75, 3.05) is 17.2 Å². The molecule has 0 radical (unpaired) electrons. The minimum absolute atomic E-state index is 0.598. The lowest BCUT2D eigenvalue weighted by molar-refractivity contribution is 0.650. The highest BCUT2D eigenvalue weighted by Crippen LogP contribution is 2.36. The molecule has 4 nitrogen and oxygen atoms in total. The van der Waals surface area contributed by atoms with E-state index in [4.69, 9.17) is 9.97 Å². The quantitative estimate of drug-likeness (QED) is 0.886. The van der Waals surface area contributed by atoms with E-state index in [0.29, 0.717) is 12.0 Å². The molecule has 1 aromatic rings. The van der Waals surface area contributed by atoms with Crippen LogP contribution in [0.2, 0.25) is 0 Å². The lowest BCUT2D eigenvalue weighted by atomic mass is 10.1. The van der Waals surface area contributed by atoms with Crippen LogP contribution in [0.25, 0.3) is 0 Å². The number of nitrogens with one attached hydrogen (secondary N) is 2. The molecule has 0 aromatic carbocycles. The number of aromatic nitrogens is 2. The normalized spacial score (nSPS) is 23.0. The van der Waals surface area contributed by atoms with E-state index in [9.17, 15) is 0 Å². The van der Waals surface area contributed by atoms with E-state index in [2.05, 4.69) is 10.6 Å². The third-order valence-electron chi connectivity index (χ3n) is 5.31. The van der Waals surface area contributed by atoms with Gasteiger partial charge >= 0.3 is 0 Å². The summed E-state index contributed by atoms with van der Waals surface area (Å²) in [7, 11) is 0. The second-order valence-electron chi connectivity index (χ2n) is 6.89. The van der Waals surface area contributed by atoms with Gasteiger partial charge in [-0.15, -0.1) is 0 Å². The fourth-order valence-electron chi connectivity index (χ4n) is 4.10. The number of rotatable bonds is 3. The Morgan fingerprint density at radius 2 is 1.67 bits per heavy atom. The van der Waals surface area contributed by atoms with Gasteiger partial charge in [-0.25, -0.2) is 9.97 Å². The van der Waals surface area contributed by atoms with Gasteiger partial charge in [-0.3, -0.25) is 0 Å². The van der Waals surface area contributed by atoms with Gasteiger partial charge < -0.3 is 10.6 Å². The summed E-state index contributed by atoms with van der Waals surface area (Å²) in [6.45, 7) is 1.05. The van der Waals surface area contributed by atoms with Crippen LogP contribution in [0.15, 0.2) is 0 Å². The average molecular weight is 286 g/mol. The highest BCUT2D eigenvalue weighted by Gasteiger charge is 2.25. The van der Waals surface area contributed by atoms with Crippen LogP contribution in [0.5, 0.6) is 0 Å². The molecule has 2 N–H and O–H groups in total. The first-order valence-corrected chi connectivity index (χ1v) is 8.81. The van der Waals surface area contributed by atoms with Gasteiger partial charge in [0.15, 0.2) is 5.82 Å². The molecule has 1 aromatic heterocycles. The van der Waals surface area contributed by atoms with E-state index in [1.54, 1.807) is 0 Å². The highest BCUT2D eigenvalue weighted by atomic mass is 15.1. The number of hydrogen-bond donors (Lipinski definition) is 2. The average Bonchev–Trinajstić information content (AvgIpc) is 3.20. The third-order valence-corrected chi connectivity index (χ3v) is 5.31. The van der Waals surface area contributed by atoms with E-state index in [-0.39, 0.29) is 0 Å². The Kier molecular flexibility index (Phi) is 3.70. The molecule has 0 amide bonds. The number of hydrogen-bond acceptors (Lipinski definition) is 4. The molecular weight excluding hydrogens is 260 g/mol. The Bertz CT molecular complexity index is 502. The van der Waals surface area contributed by atoms with E-state index in [1.165, 1.54) is 69.2 Å². The van der Waals surface area contributed by atoms with E-state index in [0.717, 1.165) is 24.6 Å². The van der Waals surface area contributed by atoms with Crippen molar-refractivity contribution in [2.45, 2.75) is 76.2 Å². The van der Waals surface area contributed by atoms with Gasteiger partial charge in [0, 0.05) is 18.5 Å². The van der Waals surface area contributed by atoms with Crippen molar-refractivity contribution >= 4 is 11.5 Å². The summed E-state index contributed by atoms with van der Waals surface area (Å²) in [5.41, 5.74) is 2.44. The van der Waals surface area contributed by atoms with E-state index >= 15 is 0 Å². The first-order chi connectivity index (χ1) is 10.4. The molecular formula is C17H26N4. The molecule has 4 rings (SSSR count). The molecule has 0 saturated heterocycles. The molecule has 114 valence electrons. The van der Waals surface area contributed by atoms with Gasteiger partial charge in [-0.05, 0) is 38.5 Å². The van der Waals surface area contributed by atoms with E-state index < -0.39 is 0 Å². The van der Waals surface area contributed by atoms with Gasteiger partial charge in [-0.1, -0.05) is 25.7 Å². The number of fused-ring (bicyclic) bond motifs is 1. The summed E-state index contributed by atoms with van der Waals surface area (Å²) in [6.07, 6.45) is 12.8. The molecule has 1 aliphatic heterocycles. The van der Waals surface area contributed by atoms with E-state index in [1.807, 2.05) is 0 Å². The Balaban J connectivity index is 1.66. The van der Waals surface area contributed by atoms with Crippen molar-refractivity contribution in [3.05, 3.63) is 11.5 Å². The summed E-state index contributed by atoms with van der Waals surface area (Å²) in [5.74, 6) is 2.80. The van der Waals surface area contributed by atoms with Gasteiger partial charge in [0.25, 0.3) is 0 Å². The summed E-state index contributed by atoms with van der Waals surface area (Å²) in [5, 5.41) is 7.25. The first kappa shape index (κ1) is 13.4. The molecule has 21 heavy (non-hydrogen) atoms. The predicted molar refractivity (Wildman–Crippen MR) is 85.9 cm³/mol. The first-order valence-electron chi connectivity index (χ1n) is 8.81. The smallest absolute Gasteiger partial charge is 0.153 e. The molecule has 4 heteroatoms. The van der Waals surface area contributed by atoms with Gasteiger partial charge in [-0.2, -0.15) is 0 Å². The standard InChI is InChI=1S/C17H26N4/c1-2-7-12(6-1)16-20-14-10-5-11-18-15(14)17(21-16)19-13-8-3-4-9-13/h12-13,18H,1-11H2,(H,19,20,21). The van der Waals surface area contributed by atoms with Crippen molar-refractivity contribution in [3.8, 4) is 0 Å². The molecule has 2 fully saturated rings. The molecule has 2 heterocycles. The molecule has 2 aliphatic carbocycles. The van der Waals surface area contributed by atoms with Crippen LogP contribution in [0, 0.1) is 0 Å². The second kappa shape index (κ2) is 5.82. The number of nitrogens with zero attached hydrogens (tertiary/aromatic N) is 2. The maximum atomic E-state index is 4.95. The van der Waals surface area contributed by atoms with Crippen LogP contribution in [0.3, 0.4) is 0 Å². The van der Waals surface area contributed by atoms with Crippen LogP contribution >= 0.6 is 0 Å². The maximum absolute atomic E-state index is 4.95. The van der Waals surface area contributed by atoms with Crippen molar-refractivity contribution < 1.29 is 0 Å². The molecule has 0 bridgehead atoms. The molecule has 0 atom stereocenters. The van der Waals surface area contributed by atoms with Gasteiger partial charge in [0.2, 0.25) is 0 Å². The van der Waals surface area contributed by atoms with Crippen molar-refractivity contribution in [2.24, 2.45) is 0 Å². The van der Waals surface area contributed by atoms with Gasteiger partial charge in [0.1, 0.15) is 5.82 Å². The predicted octanol–water partition coefficient (Wildman–Crippen LogP) is 3.85. The summed E-state index contributed by atoms with van der Waals surface area (Å²) >= 11 is 0. The molecule has 0 spiro atoms. The summed E-state index contributed by atoms with van der Waals surface area (Å²) in [6, 6.07) is 0.615. The number of aryl methyl sites for hydroxylation is 1. The van der Waals surface area contributed by atoms with Crippen LogP contribution in [0.1, 0.15) is 75.2 Å². The Morgan fingerprint density at radius 1 is 0.905 bits per heavy atom. The zero-order chi connectivity index (χ0) is 14.1. The van der Waals surface area contributed by atoms with Gasteiger partial charge in [0.05, 0.1) is 11.4 Å². The Labute approximate surface area is 127 Å². The fraction of sp³-hybridized carbons (Fsp3) is 0.765. The van der Waals surface area contributed by atoms with Crippen molar-refractivity contribution in [3.63, 3.8) is 0 Å². The highest BCUT2D eigenvalue weighted by molar-refractivity contribution is 5.68. The largest absolute Gasteiger partial charge is 0.381 e. The molecule has 2 saturated carbocycles. The monoisotopic (exact) mass is 286 g/mol. The lowest BCUT2D eigenvalue weighted by Gasteiger charge is -2.24. The van der Waals surface area contributed by atoms with Crippen molar-refractivity contribution in [1.82, 2.24) is 9.97 Å². The third kappa shape index (κ3) is 2.72. The summed E-state index contributed by atoms with van der Waals surface area (Å²) < 4.78 is 0. The maximum Gasteiger partial charge on any atom is 0.153 e. The fourth-order valence-corrected chi connectivity index (χ4v) is 4.10. The van der Waals surface area contributed by atoms with Crippen LogP contribution in [0.4, 0.5) is 11.5 Å².